The summed E-state index contributed by atoms with van der Waals surface area (Å²) in [6.07, 6.45) is 0.862. The summed E-state index contributed by atoms with van der Waals surface area (Å²) in [5.74, 6) is 0.343. The van der Waals surface area contributed by atoms with E-state index in [9.17, 15) is 4.79 Å². The number of nitrogens with zero attached hydrogens (tertiary/aromatic N) is 1. The summed E-state index contributed by atoms with van der Waals surface area (Å²) in [6, 6.07) is 7.16. The van der Waals surface area contributed by atoms with Crippen molar-refractivity contribution in [2.75, 3.05) is 7.11 Å². The van der Waals surface area contributed by atoms with Crippen LogP contribution in [0, 0.1) is 11.3 Å². The zero-order valence-corrected chi connectivity index (χ0v) is 8.15. The molecule has 1 atom stereocenters. The average molecular weight is 189 g/mol. The first-order valence-electron chi connectivity index (χ1n) is 4.26. The first kappa shape index (κ1) is 10.3. The summed E-state index contributed by atoms with van der Waals surface area (Å²) >= 11 is 0. The normalized spacial score (nSPS) is 11.5. The number of carbonyl (C=O) groups is 1. The molecule has 0 aromatic heterocycles. The van der Waals surface area contributed by atoms with E-state index < -0.39 is 0 Å². The van der Waals surface area contributed by atoms with Crippen LogP contribution in [0.5, 0.6) is 5.75 Å². The van der Waals surface area contributed by atoms with Crippen molar-refractivity contribution in [2.45, 2.75) is 12.8 Å². The third-order valence-electron chi connectivity index (χ3n) is 2.08. The van der Waals surface area contributed by atoms with E-state index >= 15 is 0 Å². The second-order valence-electron chi connectivity index (χ2n) is 3.00. The van der Waals surface area contributed by atoms with E-state index in [2.05, 4.69) is 0 Å². The molecule has 0 aliphatic rings. The van der Waals surface area contributed by atoms with E-state index in [0.717, 1.165) is 11.8 Å². The number of benzene rings is 1. The highest BCUT2D eigenvalue weighted by atomic mass is 16.5. The van der Waals surface area contributed by atoms with E-state index in [4.69, 9.17) is 10.00 Å². The summed E-state index contributed by atoms with van der Waals surface area (Å²) in [5, 5.41) is 8.74. The van der Waals surface area contributed by atoms with Crippen LogP contribution in [0.25, 0.3) is 0 Å². The SMILES string of the molecule is COc1cc([C@H](C)C=O)ccc1C#N. The van der Waals surface area contributed by atoms with Gasteiger partial charge in [-0.05, 0) is 17.7 Å². The molecule has 0 aliphatic heterocycles. The Morgan fingerprint density at radius 1 is 1.57 bits per heavy atom. The average Bonchev–Trinajstić information content (AvgIpc) is 2.26. The lowest BCUT2D eigenvalue weighted by atomic mass is 10.0. The minimum atomic E-state index is -0.170. The Kier molecular flexibility index (Phi) is 3.24. The standard InChI is InChI=1S/C11H11NO2/c1-8(7-13)9-3-4-10(6-12)11(5-9)14-2/h3-5,7-8H,1-2H3/t8-/m1/s1. The zero-order chi connectivity index (χ0) is 10.6. The lowest BCUT2D eigenvalue weighted by molar-refractivity contribution is -0.108. The van der Waals surface area contributed by atoms with E-state index in [1.807, 2.05) is 6.07 Å². The van der Waals surface area contributed by atoms with Gasteiger partial charge in [0.1, 0.15) is 18.1 Å². The molecule has 0 radical (unpaired) electrons. The maximum absolute atomic E-state index is 10.6. The monoisotopic (exact) mass is 189 g/mol. The summed E-state index contributed by atoms with van der Waals surface area (Å²) in [4.78, 5) is 10.6. The van der Waals surface area contributed by atoms with Crippen LogP contribution < -0.4 is 4.74 Å². The van der Waals surface area contributed by atoms with Gasteiger partial charge in [0.05, 0.1) is 12.7 Å². The molecule has 1 aromatic carbocycles. The summed E-state index contributed by atoms with van der Waals surface area (Å²) < 4.78 is 5.03. The van der Waals surface area contributed by atoms with Crippen molar-refractivity contribution in [3.8, 4) is 11.8 Å². The smallest absolute Gasteiger partial charge is 0.136 e. The van der Waals surface area contributed by atoms with Crippen molar-refractivity contribution in [1.82, 2.24) is 0 Å². The van der Waals surface area contributed by atoms with Crippen LogP contribution in [-0.4, -0.2) is 13.4 Å². The molecular formula is C11H11NO2. The van der Waals surface area contributed by atoms with Gasteiger partial charge in [-0.1, -0.05) is 13.0 Å². The lowest BCUT2D eigenvalue weighted by Gasteiger charge is -2.07. The fourth-order valence-corrected chi connectivity index (χ4v) is 1.16. The van der Waals surface area contributed by atoms with Crippen LogP contribution in [0.3, 0.4) is 0 Å². The Morgan fingerprint density at radius 2 is 2.29 bits per heavy atom. The Morgan fingerprint density at radius 3 is 2.79 bits per heavy atom. The molecule has 0 heterocycles. The Labute approximate surface area is 82.9 Å². The molecule has 0 fully saturated rings. The fraction of sp³-hybridized carbons (Fsp3) is 0.273. The number of hydrogen-bond acceptors (Lipinski definition) is 3. The predicted molar refractivity (Wildman–Crippen MR) is 52.2 cm³/mol. The molecule has 3 heteroatoms. The van der Waals surface area contributed by atoms with E-state index in [0.29, 0.717) is 11.3 Å². The van der Waals surface area contributed by atoms with Gasteiger partial charge in [0.25, 0.3) is 0 Å². The van der Waals surface area contributed by atoms with Crippen molar-refractivity contribution >= 4 is 6.29 Å². The van der Waals surface area contributed by atoms with Gasteiger partial charge in [0.2, 0.25) is 0 Å². The largest absolute Gasteiger partial charge is 0.495 e. The van der Waals surface area contributed by atoms with Gasteiger partial charge in [-0.15, -0.1) is 0 Å². The zero-order valence-electron chi connectivity index (χ0n) is 8.15. The maximum Gasteiger partial charge on any atom is 0.136 e. The molecule has 14 heavy (non-hydrogen) atoms. The quantitative estimate of drug-likeness (QED) is 0.682. The first-order valence-corrected chi connectivity index (χ1v) is 4.26. The molecule has 0 saturated heterocycles. The van der Waals surface area contributed by atoms with Gasteiger partial charge in [0, 0.05) is 5.92 Å². The number of ether oxygens (including phenoxy) is 1. The fourth-order valence-electron chi connectivity index (χ4n) is 1.16. The molecule has 0 unspecified atom stereocenters. The first-order chi connectivity index (χ1) is 6.72. The minimum absolute atomic E-state index is 0.170. The van der Waals surface area contributed by atoms with E-state index in [1.54, 1.807) is 25.1 Å². The molecule has 0 aliphatic carbocycles. The van der Waals surface area contributed by atoms with Crippen LogP contribution in [0.4, 0.5) is 0 Å². The van der Waals surface area contributed by atoms with Crippen LogP contribution in [0.1, 0.15) is 24.0 Å². The van der Waals surface area contributed by atoms with Gasteiger partial charge in [-0.25, -0.2) is 0 Å². The van der Waals surface area contributed by atoms with Crippen molar-refractivity contribution in [3.05, 3.63) is 29.3 Å². The van der Waals surface area contributed by atoms with Crippen LogP contribution >= 0.6 is 0 Å². The topological polar surface area (TPSA) is 50.1 Å². The Bertz CT molecular complexity index is 379. The lowest BCUT2D eigenvalue weighted by Crippen LogP contribution is -1.96. The number of aldehydes is 1. The molecule has 0 amide bonds. The third kappa shape index (κ3) is 1.91. The molecule has 0 N–H and O–H groups in total. The van der Waals surface area contributed by atoms with Crippen molar-refractivity contribution in [1.29, 1.82) is 5.26 Å². The number of methoxy groups -OCH3 is 1. The number of rotatable bonds is 3. The van der Waals surface area contributed by atoms with Gasteiger partial charge < -0.3 is 9.53 Å². The molecule has 0 saturated carbocycles. The van der Waals surface area contributed by atoms with Gasteiger partial charge in [0.15, 0.2) is 0 Å². The maximum atomic E-state index is 10.6. The second kappa shape index (κ2) is 4.43. The van der Waals surface area contributed by atoms with E-state index in [-0.39, 0.29) is 5.92 Å². The van der Waals surface area contributed by atoms with Crippen LogP contribution in [-0.2, 0) is 4.79 Å². The molecule has 1 aromatic rings. The minimum Gasteiger partial charge on any atom is -0.495 e. The number of hydrogen-bond donors (Lipinski definition) is 0. The van der Waals surface area contributed by atoms with Gasteiger partial charge >= 0.3 is 0 Å². The number of carbonyl (C=O) groups excluding carboxylic acids is 1. The van der Waals surface area contributed by atoms with Crippen molar-refractivity contribution in [3.63, 3.8) is 0 Å². The molecule has 0 bridgehead atoms. The summed E-state index contributed by atoms with van der Waals surface area (Å²) in [7, 11) is 1.51. The van der Waals surface area contributed by atoms with Crippen molar-refractivity contribution in [2.24, 2.45) is 0 Å². The highest BCUT2D eigenvalue weighted by Crippen LogP contribution is 2.23. The number of nitriles is 1. The third-order valence-corrected chi connectivity index (χ3v) is 2.08. The summed E-state index contributed by atoms with van der Waals surface area (Å²) in [5.41, 5.74) is 1.34. The molecule has 3 nitrogen and oxygen atoms in total. The molecule has 0 spiro atoms. The molecule has 72 valence electrons. The van der Waals surface area contributed by atoms with Crippen molar-refractivity contribution < 1.29 is 9.53 Å². The van der Waals surface area contributed by atoms with Crippen LogP contribution in [0.2, 0.25) is 0 Å². The van der Waals surface area contributed by atoms with Crippen LogP contribution in [0.15, 0.2) is 18.2 Å². The summed E-state index contributed by atoms with van der Waals surface area (Å²) in [6.45, 7) is 1.80. The second-order valence-corrected chi connectivity index (χ2v) is 3.00. The highest BCUT2D eigenvalue weighted by Gasteiger charge is 2.08. The predicted octanol–water partition coefficient (Wildman–Crippen LogP) is 1.87. The van der Waals surface area contributed by atoms with Gasteiger partial charge in [-0.2, -0.15) is 5.26 Å². The Hall–Kier alpha value is -1.82. The Balaban J connectivity index is 3.15. The molecular weight excluding hydrogens is 178 g/mol. The van der Waals surface area contributed by atoms with E-state index in [1.165, 1.54) is 7.11 Å². The van der Waals surface area contributed by atoms with Gasteiger partial charge in [-0.3, -0.25) is 0 Å². The highest BCUT2D eigenvalue weighted by molar-refractivity contribution is 5.62. The molecule has 1 rings (SSSR count).